The molecule has 0 saturated heterocycles. The highest BCUT2D eigenvalue weighted by Gasteiger charge is 2.12. The maximum Gasteiger partial charge on any atom is 0.133 e. The van der Waals surface area contributed by atoms with Crippen LogP contribution in [0.25, 0.3) is 0 Å². The van der Waals surface area contributed by atoms with Crippen molar-refractivity contribution in [1.29, 1.82) is 0 Å². The Morgan fingerprint density at radius 2 is 2.11 bits per heavy atom. The van der Waals surface area contributed by atoms with Gasteiger partial charge in [-0.15, -0.1) is 0 Å². The number of likely N-dealkylation sites (N-methyl/N-ethyl adjacent to an activating group) is 1. The largest absolute Gasteiger partial charge is 0.355 e. The van der Waals surface area contributed by atoms with Gasteiger partial charge in [0.25, 0.3) is 0 Å². The van der Waals surface area contributed by atoms with E-state index in [4.69, 9.17) is 0 Å². The Kier molecular flexibility index (Phi) is 4.91. The van der Waals surface area contributed by atoms with E-state index in [9.17, 15) is 0 Å². The molecule has 0 aromatic carbocycles. The van der Waals surface area contributed by atoms with Gasteiger partial charge in [0, 0.05) is 37.4 Å². The number of hydrogen-bond donors (Lipinski definition) is 1. The van der Waals surface area contributed by atoms with E-state index in [0.29, 0.717) is 0 Å². The molecule has 0 amide bonds. The highest BCUT2D eigenvalue weighted by molar-refractivity contribution is 5.46. The first-order chi connectivity index (χ1) is 8.29. The van der Waals surface area contributed by atoms with E-state index in [1.165, 1.54) is 5.56 Å². The van der Waals surface area contributed by atoms with Crippen LogP contribution in [0.2, 0.25) is 0 Å². The molecular weight excluding hydrogens is 222 g/mol. The van der Waals surface area contributed by atoms with Gasteiger partial charge in [-0.05, 0) is 33.8 Å². The normalized spacial score (nSPS) is 11.4. The van der Waals surface area contributed by atoms with Crippen LogP contribution in [0.4, 0.5) is 5.82 Å². The minimum absolute atomic E-state index is 0.111. The maximum atomic E-state index is 4.48. The Morgan fingerprint density at radius 1 is 1.44 bits per heavy atom. The standard InChI is InChI=1S/C15H25N3/c1-12(2)11-18(6)14-13(8-7-9-16-14)10-17-15(3,4)5/h7-9,17H,1,10-11H2,2-6H3. The van der Waals surface area contributed by atoms with Crippen molar-refractivity contribution < 1.29 is 0 Å². The highest BCUT2D eigenvalue weighted by Crippen LogP contribution is 2.17. The van der Waals surface area contributed by atoms with Crippen molar-refractivity contribution in [2.24, 2.45) is 0 Å². The van der Waals surface area contributed by atoms with Crippen molar-refractivity contribution in [3.8, 4) is 0 Å². The number of aromatic nitrogens is 1. The van der Waals surface area contributed by atoms with Crippen molar-refractivity contribution in [3.05, 3.63) is 36.0 Å². The van der Waals surface area contributed by atoms with E-state index in [2.05, 4.69) is 55.7 Å². The molecule has 3 nitrogen and oxygen atoms in total. The van der Waals surface area contributed by atoms with Gasteiger partial charge in [-0.2, -0.15) is 0 Å². The summed E-state index contributed by atoms with van der Waals surface area (Å²) >= 11 is 0. The molecule has 0 bridgehead atoms. The first kappa shape index (κ1) is 14.7. The molecule has 1 rings (SSSR count). The molecule has 0 fully saturated rings. The zero-order chi connectivity index (χ0) is 13.8. The quantitative estimate of drug-likeness (QED) is 0.811. The predicted octanol–water partition coefficient (Wildman–Crippen LogP) is 2.98. The third-order valence-corrected chi connectivity index (χ3v) is 2.55. The molecule has 1 aromatic heterocycles. The molecule has 1 aromatic rings. The molecule has 0 spiro atoms. The van der Waals surface area contributed by atoms with Crippen molar-refractivity contribution in [2.45, 2.75) is 39.8 Å². The zero-order valence-electron chi connectivity index (χ0n) is 12.2. The SMILES string of the molecule is C=C(C)CN(C)c1ncccc1CNC(C)(C)C. The second kappa shape index (κ2) is 6.01. The number of nitrogens with one attached hydrogen (secondary N) is 1. The Labute approximate surface area is 111 Å². The molecule has 0 aliphatic heterocycles. The molecule has 1 heterocycles. The minimum Gasteiger partial charge on any atom is -0.355 e. The van der Waals surface area contributed by atoms with Crippen LogP contribution in [0.1, 0.15) is 33.3 Å². The molecule has 0 radical (unpaired) electrons. The van der Waals surface area contributed by atoms with Gasteiger partial charge < -0.3 is 10.2 Å². The first-order valence-corrected chi connectivity index (χ1v) is 6.34. The summed E-state index contributed by atoms with van der Waals surface area (Å²) in [5.41, 5.74) is 2.47. The molecule has 0 atom stereocenters. The second-order valence-corrected chi connectivity index (χ2v) is 5.90. The Bertz CT molecular complexity index is 404. The highest BCUT2D eigenvalue weighted by atomic mass is 15.2. The van der Waals surface area contributed by atoms with Crippen LogP contribution in [0.5, 0.6) is 0 Å². The van der Waals surface area contributed by atoms with Crippen LogP contribution in [-0.2, 0) is 6.54 Å². The third kappa shape index (κ3) is 4.88. The molecule has 0 saturated carbocycles. The number of anilines is 1. The van der Waals surface area contributed by atoms with E-state index < -0.39 is 0 Å². The van der Waals surface area contributed by atoms with E-state index in [1.54, 1.807) is 0 Å². The number of nitrogens with zero attached hydrogens (tertiary/aromatic N) is 2. The summed E-state index contributed by atoms with van der Waals surface area (Å²) in [6.45, 7) is 14.1. The van der Waals surface area contributed by atoms with Gasteiger partial charge in [-0.1, -0.05) is 18.2 Å². The van der Waals surface area contributed by atoms with Gasteiger partial charge in [0.1, 0.15) is 5.82 Å². The molecule has 1 N–H and O–H groups in total. The van der Waals surface area contributed by atoms with Gasteiger partial charge in [-0.25, -0.2) is 4.98 Å². The maximum absolute atomic E-state index is 4.48. The first-order valence-electron chi connectivity index (χ1n) is 6.34. The van der Waals surface area contributed by atoms with E-state index in [1.807, 2.05) is 19.2 Å². The van der Waals surface area contributed by atoms with Gasteiger partial charge in [-0.3, -0.25) is 0 Å². The fourth-order valence-corrected chi connectivity index (χ4v) is 1.75. The molecule has 0 unspecified atom stereocenters. The van der Waals surface area contributed by atoms with Crippen molar-refractivity contribution in [1.82, 2.24) is 10.3 Å². The fraction of sp³-hybridized carbons (Fsp3) is 0.533. The molecule has 3 heteroatoms. The average molecular weight is 247 g/mol. The summed E-state index contributed by atoms with van der Waals surface area (Å²) in [5, 5.41) is 3.50. The summed E-state index contributed by atoms with van der Waals surface area (Å²) in [6.07, 6.45) is 1.84. The summed E-state index contributed by atoms with van der Waals surface area (Å²) in [4.78, 5) is 6.62. The van der Waals surface area contributed by atoms with Crippen LogP contribution >= 0.6 is 0 Å². The summed E-state index contributed by atoms with van der Waals surface area (Å²) in [5.74, 6) is 1.03. The third-order valence-electron chi connectivity index (χ3n) is 2.55. The molecular formula is C15H25N3. The number of pyridine rings is 1. The smallest absolute Gasteiger partial charge is 0.133 e. The van der Waals surface area contributed by atoms with E-state index >= 15 is 0 Å². The topological polar surface area (TPSA) is 28.2 Å². The van der Waals surface area contributed by atoms with Crippen molar-refractivity contribution >= 4 is 5.82 Å². The van der Waals surface area contributed by atoms with E-state index in [0.717, 1.165) is 24.5 Å². The van der Waals surface area contributed by atoms with Crippen LogP contribution in [0, 0.1) is 0 Å². The Morgan fingerprint density at radius 3 is 2.67 bits per heavy atom. The van der Waals surface area contributed by atoms with Crippen molar-refractivity contribution in [2.75, 3.05) is 18.5 Å². The summed E-state index contributed by atoms with van der Waals surface area (Å²) < 4.78 is 0. The van der Waals surface area contributed by atoms with E-state index in [-0.39, 0.29) is 5.54 Å². The van der Waals surface area contributed by atoms with Crippen LogP contribution < -0.4 is 10.2 Å². The number of rotatable bonds is 5. The predicted molar refractivity (Wildman–Crippen MR) is 78.9 cm³/mol. The summed E-state index contributed by atoms with van der Waals surface area (Å²) in [7, 11) is 2.05. The molecule has 100 valence electrons. The second-order valence-electron chi connectivity index (χ2n) is 5.90. The van der Waals surface area contributed by atoms with Crippen LogP contribution in [0.15, 0.2) is 30.5 Å². The summed E-state index contributed by atoms with van der Waals surface area (Å²) in [6, 6.07) is 4.10. The zero-order valence-corrected chi connectivity index (χ0v) is 12.2. The Balaban J connectivity index is 2.82. The van der Waals surface area contributed by atoms with Gasteiger partial charge in [0.05, 0.1) is 0 Å². The fourth-order valence-electron chi connectivity index (χ4n) is 1.75. The molecule has 0 aliphatic carbocycles. The van der Waals surface area contributed by atoms with Crippen molar-refractivity contribution in [3.63, 3.8) is 0 Å². The van der Waals surface area contributed by atoms with Gasteiger partial charge in [0.15, 0.2) is 0 Å². The lowest BCUT2D eigenvalue weighted by molar-refractivity contribution is 0.424. The lowest BCUT2D eigenvalue weighted by Crippen LogP contribution is -2.35. The number of hydrogen-bond acceptors (Lipinski definition) is 3. The van der Waals surface area contributed by atoms with Crippen LogP contribution in [0.3, 0.4) is 0 Å². The monoisotopic (exact) mass is 247 g/mol. The average Bonchev–Trinajstić information content (AvgIpc) is 2.25. The minimum atomic E-state index is 0.111. The van der Waals surface area contributed by atoms with Crippen LogP contribution in [-0.4, -0.2) is 24.1 Å². The lowest BCUT2D eigenvalue weighted by Gasteiger charge is -2.24. The van der Waals surface area contributed by atoms with Gasteiger partial charge in [0.2, 0.25) is 0 Å². The molecule has 18 heavy (non-hydrogen) atoms. The lowest BCUT2D eigenvalue weighted by atomic mass is 10.1. The van der Waals surface area contributed by atoms with Gasteiger partial charge >= 0.3 is 0 Å². The molecule has 0 aliphatic rings. The Hall–Kier alpha value is -1.35.